The monoisotopic (exact) mass is 148 g/mol. The standard InChI is InChI=1S/C7H16O2.CH4/c1-6(2)8-5-9-7(3)4;/h6-7H,5H2,1-4H3;1H4. The topological polar surface area (TPSA) is 18.5 Å². The molecule has 0 atom stereocenters. The van der Waals surface area contributed by atoms with Gasteiger partial charge in [-0.25, -0.2) is 0 Å². The predicted octanol–water partition coefficient (Wildman–Crippen LogP) is 2.43. The summed E-state index contributed by atoms with van der Waals surface area (Å²) < 4.78 is 10.3. The van der Waals surface area contributed by atoms with Crippen molar-refractivity contribution in [2.24, 2.45) is 0 Å². The molecule has 0 rings (SSSR count). The van der Waals surface area contributed by atoms with Crippen LogP contribution in [-0.4, -0.2) is 19.0 Å². The third-order valence-corrected chi connectivity index (χ3v) is 0.803. The molecule has 0 saturated carbocycles. The van der Waals surface area contributed by atoms with Crippen LogP contribution in [-0.2, 0) is 9.47 Å². The van der Waals surface area contributed by atoms with Crippen molar-refractivity contribution < 1.29 is 9.47 Å². The molecule has 0 unspecified atom stereocenters. The van der Waals surface area contributed by atoms with Gasteiger partial charge in [0, 0.05) is 0 Å². The Balaban J connectivity index is 0. The van der Waals surface area contributed by atoms with Crippen molar-refractivity contribution >= 4 is 0 Å². The molecule has 0 aliphatic carbocycles. The van der Waals surface area contributed by atoms with Gasteiger partial charge in [-0.15, -0.1) is 0 Å². The van der Waals surface area contributed by atoms with Crippen molar-refractivity contribution in [2.45, 2.75) is 47.3 Å². The second kappa shape index (κ2) is 7.03. The molecule has 0 bridgehead atoms. The van der Waals surface area contributed by atoms with E-state index in [9.17, 15) is 0 Å². The van der Waals surface area contributed by atoms with Crippen LogP contribution in [0.3, 0.4) is 0 Å². The molecule has 0 radical (unpaired) electrons. The average Bonchev–Trinajstić information content (AvgIpc) is 1.63. The highest BCUT2D eigenvalue weighted by molar-refractivity contribution is 4.34. The fraction of sp³-hybridized carbons (Fsp3) is 1.00. The van der Waals surface area contributed by atoms with Crippen LogP contribution in [0.1, 0.15) is 35.1 Å². The van der Waals surface area contributed by atoms with Crippen molar-refractivity contribution in [3.05, 3.63) is 0 Å². The zero-order valence-electron chi connectivity index (χ0n) is 6.68. The Kier molecular flexibility index (Phi) is 8.85. The zero-order valence-corrected chi connectivity index (χ0v) is 6.68. The first-order valence-corrected chi connectivity index (χ1v) is 3.36. The van der Waals surface area contributed by atoms with Gasteiger partial charge in [0.15, 0.2) is 0 Å². The van der Waals surface area contributed by atoms with Gasteiger partial charge in [0.1, 0.15) is 6.79 Å². The van der Waals surface area contributed by atoms with E-state index in [0.717, 1.165) is 0 Å². The van der Waals surface area contributed by atoms with Crippen LogP contribution in [0.5, 0.6) is 0 Å². The Bertz CT molecular complexity index is 52.3. The fourth-order valence-corrected chi connectivity index (χ4v) is 0.311. The number of ether oxygens (including phenoxy) is 2. The molecule has 0 saturated heterocycles. The van der Waals surface area contributed by atoms with Crippen LogP contribution in [0.25, 0.3) is 0 Å². The van der Waals surface area contributed by atoms with E-state index in [1.54, 1.807) is 0 Å². The van der Waals surface area contributed by atoms with Crippen molar-refractivity contribution in [2.75, 3.05) is 6.79 Å². The molecule has 0 heterocycles. The predicted molar refractivity (Wildman–Crippen MR) is 44.0 cm³/mol. The van der Waals surface area contributed by atoms with Crippen molar-refractivity contribution in [3.63, 3.8) is 0 Å². The Labute approximate surface area is 64.5 Å². The highest BCUT2D eigenvalue weighted by Crippen LogP contribution is 1.91. The summed E-state index contributed by atoms with van der Waals surface area (Å²) in [4.78, 5) is 0. The summed E-state index contributed by atoms with van der Waals surface area (Å²) in [5.74, 6) is 0. The lowest BCUT2D eigenvalue weighted by atomic mass is 10.5. The lowest BCUT2D eigenvalue weighted by molar-refractivity contribution is -0.0994. The maximum atomic E-state index is 5.13. The SMILES string of the molecule is C.CC(C)OCOC(C)C. The Morgan fingerprint density at radius 1 is 0.900 bits per heavy atom. The van der Waals surface area contributed by atoms with Gasteiger partial charge in [0.2, 0.25) is 0 Å². The first kappa shape index (κ1) is 12.6. The smallest absolute Gasteiger partial charge is 0.147 e. The van der Waals surface area contributed by atoms with E-state index in [0.29, 0.717) is 6.79 Å². The summed E-state index contributed by atoms with van der Waals surface area (Å²) in [7, 11) is 0. The van der Waals surface area contributed by atoms with E-state index in [1.165, 1.54) is 0 Å². The Morgan fingerprint density at radius 2 is 1.20 bits per heavy atom. The number of hydrogen-bond donors (Lipinski definition) is 0. The Morgan fingerprint density at radius 3 is 1.40 bits per heavy atom. The van der Waals surface area contributed by atoms with Crippen LogP contribution in [0, 0.1) is 0 Å². The molecule has 0 aliphatic heterocycles. The van der Waals surface area contributed by atoms with Gasteiger partial charge >= 0.3 is 0 Å². The van der Waals surface area contributed by atoms with Crippen LogP contribution >= 0.6 is 0 Å². The van der Waals surface area contributed by atoms with Gasteiger partial charge in [-0.2, -0.15) is 0 Å². The highest BCUT2D eigenvalue weighted by Gasteiger charge is 1.94. The van der Waals surface area contributed by atoms with E-state index in [1.807, 2.05) is 27.7 Å². The van der Waals surface area contributed by atoms with E-state index in [2.05, 4.69) is 0 Å². The van der Waals surface area contributed by atoms with Crippen molar-refractivity contribution in [3.8, 4) is 0 Å². The quantitative estimate of drug-likeness (QED) is 0.570. The molecule has 0 amide bonds. The van der Waals surface area contributed by atoms with Gasteiger partial charge < -0.3 is 9.47 Å². The van der Waals surface area contributed by atoms with Gasteiger partial charge in [-0.05, 0) is 27.7 Å². The average molecular weight is 148 g/mol. The molecular formula is C8H20O2. The molecule has 0 aromatic carbocycles. The maximum Gasteiger partial charge on any atom is 0.147 e. The molecule has 0 aromatic heterocycles. The molecule has 0 aromatic rings. The minimum atomic E-state index is 0. The van der Waals surface area contributed by atoms with E-state index in [4.69, 9.17) is 9.47 Å². The summed E-state index contributed by atoms with van der Waals surface area (Å²) in [6.07, 6.45) is 0.535. The first-order valence-electron chi connectivity index (χ1n) is 3.36. The lowest BCUT2D eigenvalue weighted by Gasteiger charge is -2.09. The zero-order chi connectivity index (χ0) is 7.28. The van der Waals surface area contributed by atoms with Crippen LogP contribution < -0.4 is 0 Å². The molecule has 64 valence electrons. The number of hydrogen-bond acceptors (Lipinski definition) is 2. The third-order valence-electron chi connectivity index (χ3n) is 0.803. The van der Waals surface area contributed by atoms with Gasteiger partial charge in [0.05, 0.1) is 12.2 Å². The Hall–Kier alpha value is -0.0800. The van der Waals surface area contributed by atoms with E-state index < -0.39 is 0 Å². The maximum absolute atomic E-state index is 5.13. The van der Waals surface area contributed by atoms with Crippen molar-refractivity contribution in [1.82, 2.24) is 0 Å². The third kappa shape index (κ3) is 10.8. The molecule has 0 fully saturated rings. The second-order valence-electron chi connectivity index (χ2n) is 2.55. The summed E-state index contributed by atoms with van der Waals surface area (Å²) >= 11 is 0. The fourth-order valence-electron chi connectivity index (χ4n) is 0.311. The first-order chi connectivity index (χ1) is 4.13. The second-order valence-corrected chi connectivity index (χ2v) is 2.55. The van der Waals surface area contributed by atoms with E-state index >= 15 is 0 Å². The van der Waals surface area contributed by atoms with E-state index in [-0.39, 0.29) is 19.6 Å². The molecule has 0 spiro atoms. The minimum Gasteiger partial charge on any atom is -0.353 e. The molecular weight excluding hydrogens is 128 g/mol. The van der Waals surface area contributed by atoms with Gasteiger partial charge in [-0.1, -0.05) is 7.43 Å². The molecule has 2 nitrogen and oxygen atoms in total. The molecule has 0 N–H and O–H groups in total. The summed E-state index contributed by atoms with van der Waals surface area (Å²) in [6, 6.07) is 0. The summed E-state index contributed by atoms with van der Waals surface area (Å²) in [5.41, 5.74) is 0. The molecule has 0 aliphatic rings. The van der Waals surface area contributed by atoms with Crippen LogP contribution in [0.2, 0.25) is 0 Å². The highest BCUT2D eigenvalue weighted by atomic mass is 16.7. The van der Waals surface area contributed by atoms with Crippen molar-refractivity contribution in [1.29, 1.82) is 0 Å². The largest absolute Gasteiger partial charge is 0.353 e. The summed E-state index contributed by atoms with van der Waals surface area (Å²) in [6.45, 7) is 8.37. The van der Waals surface area contributed by atoms with Crippen LogP contribution in [0.4, 0.5) is 0 Å². The summed E-state index contributed by atoms with van der Waals surface area (Å²) in [5, 5.41) is 0. The normalized spacial score (nSPS) is 10.2. The minimum absolute atomic E-state index is 0. The van der Waals surface area contributed by atoms with Gasteiger partial charge in [-0.3, -0.25) is 0 Å². The molecule has 2 heteroatoms. The lowest BCUT2D eigenvalue weighted by Crippen LogP contribution is -2.11. The van der Waals surface area contributed by atoms with Gasteiger partial charge in [0.25, 0.3) is 0 Å². The molecule has 10 heavy (non-hydrogen) atoms. The number of rotatable bonds is 4. The van der Waals surface area contributed by atoms with Crippen LogP contribution in [0.15, 0.2) is 0 Å².